The lowest BCUT2D eigenvalue weighted by Gasteiger charge is -2.34. The van der Waals surface area contributed by atoms with Gasteiger partial charge in [0.05, 0.1) is 19.0 Å². The molecule has 0 aliphatic carbocycles. The maximum Gasteiger partial charge on any atom is 0.232 e. The zero-order valence-corrected chi connectivity index (χ0v) is 13.2. The van der Waals surface area contributed by atoms with Crippen molar-refractivity contribution in [1.29, 1.82) is 0 Å². The van der Waals surface area contributed by atoms with Crippen LogP contribution in [0.5, 0.6) is 0 Å². The Balaban J connectivity index is 1.85. The van der Waals surface area contributed by atoms with E-state index in [1.54, 1.807) is 4.90 Å². The first-order valence-corrected chi connectivity index (χ1v) is 9.35. The molecule has 0 saturated carbocycles. The molecule has 1 amide bonds. The molecule has 2 heterocycles. The summed E-state index contributed by atoms with van der Waals surface area (Å²) in [5.41, 5.74) is 0. The van der Waals surface area contributed by atoms with Crippen molar-refractivity contribution in [2.75, 3.05) is 45.1 Å². The molecular formula is C12H21ClN2O4S. The average Bonchev–Trinajstić information content (AvgIpc) is 2.68. The predicted octanol–water partition coefficient (Wildman–Crippen LogP) is 0.124. The van der Waals surface area contributed by atoms with Crippen molar-refractivity contribution in [3.63, 3.8) is 0 Å². The van der Waals surface area contributed by atoms with Crippen LogP contribution in [-0.4, -0.2) is 75.3 Å². The highest BCUT2D eigenvalue weighted by molar-refractivity contribution is 8.13. The molecular weight excluding hydrogens is 304 g/mol. The third kappa shape index (κ3) is 4.58. The summed E-state index contributed by atoms with van der Waals surface area (Å²) in [6, 6.07) is 0.259. The maximum atomic E-state index is 11.9. The lowest BCUT2D eigenvalue weighted by molar-refractivity contribution is -0.128. The fourth-order valence-corrected chi connectivity index (χ4v) is 4.20. The van der Waals surface area contributed by atoms with Gasteiger partial charge in [-0.15, -0.1) is 0 Å². The second-order valence-electron chi connectivity index (χ2n) is 5.57. The third-order valence-electron chi connectivity index (χ3n) is 3.88. The van der Waals surface area contributed by atoms with Crippen LogP contribution in [0.15, 0.2) is 0 Å². The van der Waals surface area contributed by atoms with Crippen molar-refractivity contribution < 1.29 is 17.9 Å². The maximum absolute atomic E-state index is 11.9. The minimum atomic E-state index is -3.54. The Kier molecular flexibility index (Phi) is 5.28. The first-order chi connectivity index (χ1) is 9.35. The van der Waals surface area contributed by atoms with Gasteiger partial charge in [-0.3, -0.25) is 9.69 Å². The fraction of sp³-hybridized carbons (Fsp3) is 0.917. The van der Waals surface area contributed by atoms with Crippen LogP contribution in [0.1, 0.15) is 13.3 Å². The van der Waals surface area contributed by atoms with Gasteiger partial charge < -0.3 is 9.64 Å². The van der Waals surface area contributed by atoms with Crippen LogP contribution < -0.4 is 0 Å². The summed E-state index contributed by atoms with van der Waals surface area (Å²) in [7, 11) is 1.72. The van der Waals surface area contributed by atoms with E-state index in [0.717, 1.165) is 26.3 Å². The van der Waals surface area contributed by atoms with Gasteiger partial charge in [0.2, 0.25) is 15.0 Å². The molecule has 2 aliphatic heterocycles. The Labute approximate surface area is 124 Å². The quantitative estimate of drug-likeness (QED) is 0.672. The largest absolute Gasteiger partial charge is 0.379 e. The van der Waals surface area contributed by atoms with E-state index in [-0.39, 0.29) is 30.0 Å². The number of hydrogen-bond donors (Lipinski definition) is 0. The second kappa shape index (κ2) is 6.60. The molecule has 0 bridgehead atoms. The highest BCUT2D eigenvalue weighted by atomic mass is 35.7. The van der Waals surface area contributed by atoms with Crippen LogP contribution in [0.25, 0.3) is 0 Å². The van der Waals surface area contributed by atoms with E-state index in [9.17, 15) is 13.2 Å². The number of nitrogens with zero attached hydrogens (tertiary/aromatic N) is 2. The minimum absolute atomic E-state index is 0.0235. The zero-order valence-electron chi connectivity index (χ0n) is 11.6. The number of ether oxygens (including phenoxy) is 1. The number of amides is 1. The van der Waals surface area contributed by atoms with Gasteiger partial charge in [0.25, 0.3) is 0 Å². The number of rotatable bonds is 5. The number of carbonyl (C=O) groups is 1. The number of hydrogen-bond acceptors (Lipinski definition) is 5. The lowest BCUT2D eigenvalue weighted by atomic mass is 10.1. The molecule has 20 heavy (non-hydrogen) atoms. The minimum Gasteiger partial charge on any atom is -0.379 e. The summed E-state index contributed by atoms with van der Waals surface area (Å²) in [6.07, 6.45) is 0.280. The van der Waals surface area contributed by atoms with Crippen LogP contribution in [-0.2, 0) is 18.6 Å². The molecule has 2 fully saturated rings. The Hall–Kier alpha value is -0.370. The van der Waals surface area contributed by atoms with E-state index in [1.165, 1.54) is 0 Å². The van der Waals surface area contributed by atoms with Crippen molar-refractivity contribution in [2.24, 2.45) is 5.92 Å². The van der Waals surface area contributed by atoms with Crippen LogP contribution in [0.3, 0.4) is 0 Å². The molecule has 0 radical (unpaired) electrons. The van der Waals surface area contributed by atoms with E-state index in [2.05, 4.69) is 11.8 Å². The molecule has 2 rings (SSSR count). The summed E-state index contributed by atoms with van der Waals surface area (Å²) in [5.74, 6) is -0.278. The number of carbonyl (C=O) groups excluding carboxylic acids is 1. The molecule has 6 nitrogen and oxygen atoms in total. The molecule has 0 aromatic rings. The van der Waals surface area contributed by atoms with Gasteiger partial charge in [0, 0.05) is 55.2 Å². The third-order valence-corrected chi connectivity index (χ3v) is 5.13. The number of halogens is 1. The first-order valence-electron chi connectivity index (χ1n) is 6.87. The summed E-state index contributed by atoms with van der Waals surface area (Å²) < 4.78 is 27.5. The van der Waals surface area contributed by atoms with E-state index in [0.29, 0.717) is 13.1 Å². The number of morpholine rings is 1. The van der Waals surface area contributed by atoms with Crippen molar-refractivity contribution in [3.05, 3.63) is 0 Å². The molecule has 2 saturated heterocycles. The van der Waals surface area contributed by atoms with Gasteiger partial charge >= 0.3 is 0 Å². The van der Waals surface area contributed by atoms with Gasteiger partial charge in [0.1, 0.15) is 0 Å². The average molecular weight is 325 g/mol. The molecule has 0 N–H and O–H groups in total. The topological polar surface area (TPSA) is 66.9 Å². The van der Waals surface area contributed by atoms with Crippen molar-refractivity contribution in [2.45, 2.75) is 19.4 Å². The van der Waals surface area contributed by atoms with Gasteiger partial charge in [-0.2, -0.15) is 0 Å². The molecule has 2 atom stereocenters. The lowest BCUT2D eigenvalue weighted by Crippen LogP contribution is -2.47. The molecule has 0 aromatic carbocycles. The summed E-state index contributed by atoms with van der Waals surface area (Å²) in [4.78, 5) is 16.0. The SMILES string of the molecule is CC(CN1CC(CS(=O)(=O)Cl)CC1=O)N1CCOCC1. The monoisotopic (exact) mass is 324 g/mol. The predicted molar refractivity (Wildman–Crippen MR) is 76.2 cm³/mol. The fourth-order valence-electron chi connectivity index (χ4n) is 2.88. The molecule has 8 heteroatoms. The number of likely N-dealkylation sites (tertiary alicyclic amines) is 1. The normalized spacial score (nSPS) is 27.0. The molecule has 2 aliphatic rings. The Morgan fingerprint density at radius 1 is 1.40 bits per heavy atom. The smallest absolute Gasteiger partial charge is 0.232 e. The van der Waals surface area contributed by atoms with Gasteiger partial charge in [-0.1, -0.05) is 0 Å². The van der Waals surface area contributed by atoms with E-state index < -0.39 is 9.05 Å². The molecule has 0 aromatic heterocycles. The highest BCUT2D eigenvalue weighted by Crippen LogP contribution is 2.21. The highest BCUT2D eigenvalue weighted by Gasteiger charge is 2.33. The summed E-state index contributed by atoms with van der Waals surface area (Å²) in [5, 5.41) is 0. The van der Waals surface area contributed by atoms with Crippen LogP contribution >= 0.6 is 10.7 Å². The Morgan fingerprint density at radius 3 is 2.65 bits per heavy atom. The summed E-state index contributed by atoms with van der Waals surface area (Å²) in [6.45, 7) is 6.42. The molecule has 2 unspecified atom stereocenters. The zero-order chi connectivity index (χ0) is 14.8. The second-order valence-corrected chi connectivity index (χ2v) is 8.39. The van der Waals surface area contributed by atoms with Gasteiger partial charge in [-0.25, -0.2) is 8.42 Å². The molecule has 0 spiro atoms. The first kappa shape index (κ1) is 16.0. The van der Waals surface area contributed by atoms with Crippen LogP contribution in [0.2, 0.25) is 0 Å². The van der Waals surface area contributed by atoms with E-state index >= 15 is 0 Å². The van der Waals surface area contributed by atoms with Crippen molar-refractivity contribution >= 4 is 25.6 Å². The van der Waals surface area contributed by atoms with Gasteiger partial charge in [0.15, 0.2) is 0 Å². The van der Waals surface area contributed by atoms with E-state index in [4.69, 9.17) is 15.4 Å². The van der Waals surface area contributed by atoms with Crippen molar-refractivity contribution in [1.82, 2.24) is 9.80 Å². The van der Waals surface area contributed by atoms with Crippen molar-refractivity contribution in [3.8, 4) is 0 Å². The Bertz CT molecular complexity index is 450. The summed E-state index contributed by atoms with van der Waals surface area (Å²) >= 11 is 0. The van der Waals surface area contributed by atoms with Gasteiger partial charge in [-0.05, 0) is 6.92 Å². The molecule has 116 valence electrons. The van der Waals surface area contributed by atoms with Crippen LogP contribution in [0, 0.1) is 5.92 Å². The van der Waals surface area contributed by atoms with Crippen LogP contribution in [0.4, 0.5) is 0 Å². The standard InChI is InChI=1S/C12H21ClN2O4S/c1-10(14-2-4-19-5-3-14)7-15-8-11(6-12(15)16)9-20(13,17)18/h10-11H,2-9H2,1H3. The Morgan fingerprint density at radius 2 is 2.05 bits per heavy atom. The van der Waals surface area contributed by atoms with E-state index in [1.807, 2.05) is 0 Å².